The molecule has 0 bridgehead atoms. The number of aryl methyl sites for hydroxylation is 2. The number of hydrogen-bond donors (Lipinski definition) is 0. The Morgan fingerprint density at radius 3 is 2.12 bits per heavy atom. The third-order valence-electron chi connectivity index (χ3n) is 4.45. The smallest absolute Gasteiger partial charge is 0.253 e. The van der Waals surface area contributed by atoms with Crippen LogP contribution in [0.1, 0.15) is 21.5 Å². The number of piperazine rings is 1. The lowest BCUT2D eigenvalue weighted by Gasteiger charge is -2.34. The molecule has 1 fully saturated rings. The Hall–Kier alpha value is -1.89. The van der Waals surface area contributed by atoms with E-state index >= 15 is 0 Å². The van der Waals surface area contributed by atoms with Crippen molar-refractivity contribution in [2.75, 3.05) is 26.2 Å². The van der Waals surface area contributed by atoms with Crippen LogP contribution in [0, 0.1) is 13.8 Å². The normalized spacial score (nSPS) is 15.9. The molecule has 138 valence electrons. The van der Waals surface area contributed by atoms with E-state index in [1.54, 1.807) is 23.1 Å². The van der Waals surface area contributed by atoms with Gasteiger partial charge in [-0.15, -0.1) is 0 Å². The van der Waals surface area contributed by atoms with E-state index in [1.807, 2.05) is 32.0 Å². The summed E-state index contributed by atoms with van der Waals surface area (Å²) in [6.07, 6.45) is 0. The van der Waals surface area contributed by atoms with Crippen LogP contribution in [-0.2, 0) is 10.0 Å². The molecule has 2 aromatic carbocycles. The average Bonchev–Trinajstić information content (AvgIpc) is 2.60. The summed E-state index contributed by atoms with van der Waals surface area (Å²) in [7, 11) is -3.66. The van der Waals surface area contributed by atoms with Crippen LogP contribution in [-0.4, -0.2) is 49.7 Å². The number of benzene rings is 2. The summed E-state index contributed by atoms with van der Waals surface area (Å²) < 4.78 is 27.0. The monoisotopic (exact) mass is 392 g/mol. The van der Waals surface area contributed by atoms with Crippen LogP contribution >= 0.6 is 11.6 Å². The minimum absolute atomic E-state index is 0.0633. The summed E-state index contributed by atoms with van der Waals surface area (Å²) in [5, 5.41) is 0.209. The predicted octanol–water partition coefficient (Wildman–Crippen LogP) is 3.10. The molecule has 1 saturated heterocycles. The zero-order chi connectivity index (χ0) is 18.9. The number of sulfonamides is 1. The van der Waals surface area contributed by atoms with Crippen LogP contribution in [0.5, 0.6) is 0 Å². The highest BCUT2D eigenvalue weighted by atomic mass is 35.5. The van der Waals surface area contributed by atoms with Crippen LogP contribution < -0.4 is 0 Å². The summed E-state index contributed by atoms with van der Waals surface area (Å²) in [6, 6.07) is 12.2. The Morgan fingerprint density at radius 2 is 1.54 bits per heavy atom. The molecule has 0 spiro atoms. The molecule has 0 N–H and O–H groups in total. The summed E-state index contributed by atoms with van der Waals surface area (Å²) in [5.41, 5.74) is 2.71. The second kappa shape index (κ2) is 7.39. The largest absolute Gasteiger partial charge is 0.336 e. The van der Waals surface area contributed by atoms with Gasteiger partial charge in [-0.3, -0.25) is 4.79 Å². The maximum Gasteiger partial charge on any atom is 0.253 e. The highest BCUT2D eigenvalue weighted by Gasteiger charge is 2.31. The van der Waals surface area contributed by atoms with Gasteiger partial charge in [0.1, 0.15) is 4.90 Å². The number of rotatable bonds is 3. The third-order valence-corrected chi connectivity index (χ3v) is 6.85. The molecule has 0 saturated carbocycles. The Labute approximate surface area is 159 Å². The van der Waals surface area contributed by atoms with Crippen LogP contribution in [0.15, 0.2) is 47.4 Å². The average molecular weight is 393 g/mol. The summed E-state index contributed by atoms with van der Waals surface area (Å²) in [6.45, 7) is 5.13. The van der Waals surface area contributed by atoms with Gasteiger partial charge in [0.05, 0.1) is 5.02 Å². The van der Waals surface area contributed by atoms with E-state index in [4.69, 9.17) is 11.6 Å². The standard InChI is InChI=1S/C19H21ClN2O3S/c1-14-11-15(2)13-16(12-14)19(23)21-7-9-22(10-8-21)26(24,25)18-6-4-3-5-17(18)20/h3-6,11-13H,7-10H2,1-2H3. The van der Waals surface area contributed by atoms with Gasteiger partial charge in [0, 0.05) is 31.7 Å². The first-order chi connectivity index (χ1) is 12.3. The Morgan fingerprint density at radius 1 is 0.962 bits per heavy atom. The summed E-state index contributed by atoms with van der Waals surface area (Å²) in [5.74, 6) is -0.0633. The molecule has 0 atom stereocenters. The Balaban J connectivity index is 1.73. The van der Waals surface area contributed by atoms with E-state index in [0.29, 0.717) is 18.7 Å². The van der Waals surface area contributed by atoms with E-state index in [2.05, 4.69) is 0 Å². The van der Waals surface area contributed by atoms with Crippen LogP contribution in [0.3, 0.4) is 0 Å². The zero-order valence-corrected chi connectivity index (χ0v) is 16.3. The fourth-order valence-electron chi connectivity index (χ4n) is 3.21. The van der Waals surface area contributed by atoms with Gasteiger partial charge >= 0.3 is 0 Å². The van der Waals surface area contributed by atoms with Crippen molar-refractivity contribution in [3.8, 4) is 0 Å². The molecular weight excluding hydrogens is 372 g/mol. The minimum atomic E-state index is -3.66. The van der Waals surface area contributed by atoms with Crippen molar-refractivity contribution in [3.63, 3.8) is 0 Å². The van der Waals surface area contributed by atoms with E-state index in [0.717, 1.165) is 11.1 Å². The van der Waals surface area contributed by atoms with Gasteiger partial charge in [-0.1, -0.05) is 40.9 Å². The molecule has 7 heteroatoms. The first kappa shape index (κ1) is 18.9. The lowest BCUT2D eigenvalue weighted by atomic mass is 10.1. The van der Waals surface area contributed by atoms with Crippen LogP contribution in [0.25, 0.3) is 0 Å². The number of amides is 1. The highest BCUT2D eigenvalue weighted by molar-refractivity contribution is 7.89. The molecule has 5 nitrogen and oxygen atoms in total. The SMILES string of the molecule is Cc1cc(C)cc(C(=O)N2CCN(S(=O)(=O)c3ccccc3Cl)CC2)c1. The topological polar surface area (TPSA) is 57.7 Å². The Kier molecular flexibility index (Phi) is 5.37. The predicted molar refractivity (Wildman–Crippen MR) is 102 cm³/mol. The van der Waals surface area contributed by atoms with Crippen molar-refractivity contribution in [1.29, 1.82) is 0 Å². The molecule has 0 aromatic heterocycles. The van der Waals surface area contributed by atoms with Crippen molar-refractivity contribution in [3.05, 3.63) is 64.2 Å². The molecule has 1 aliphatic heterocycles. The van der Waals surface area contributed by atoms with E-state index in [1.165, 1.54) is 10.4 Å². The second-order valence-electron chi connectivity index (χ2n) is 6.50. The number of nitrogens with zero attached hydrogens (tertiary/aromatic N) is 2. The van der Waals surface area contributed by atoms with Gasteiger partial charge in [-0.2, -0.15) is 4.31 Å². The molecule has 1 heterocycles. The maximum atomic E-state index is 12.8. The Bertz CT molecular complexity index is 915. The summed E-state index contributed by atoms with van der Waals surface area (Å²) in [4.78, 5) is 14.5. The quantitative estimate of drug-likeness (QED) is 0.806. The van der Waals surface area contributed by atoms with Crippen molar-refractivity contribution in [2.24, 2.45) is 0 Å². The molecule has 0 unspecified atom stereocenters. The fraction of sp³-hybridized carbons (Fsp3) is 0.316. The van der Waals surface area contributed by atoms with E-state index in [9.17, 15) is 13.2 Å². The van der Waals surface area contributed by atoms with Gasteiger partial charge in [0.2, 0.25) is 10.0 Å². The molecule has 0 radical (unpaired) electrons. The number of hydrogen-bond acceptors (Lipinski definition) is 3. The maximum absolute atomic E-state index is 12.8. The van der Waals surface area contributed by atoms with E-state index < -0.39 is 10.0 Å². The van der Waals surface area contributed by atoms with Crippen molar-refractivity contribution < 1.29 is 13.2 Å². The van der Waals surface area contributed by atoms with Crippen molar-refractivity contribution in [2.45, 2.75) is 18.7 Å². The van der Waals surface area contributed by atoms with Gasteiger partial charge in [-0.05, 0) is 38.1 Å². The van der Waals surface area contributed by atoms with Gasteiger partial charge in [0.15, 0.2) is 0 Å². The molecule has 3 rings (SSSR count). The zero-order valence-electron chi connectivity index (χ0n) is 14.8. The first-order valence-electron chi connectivity index (χ1n) is 8.41. The summed E-state index contributed by atoms with van der Waals surface area (Å²) >= 11 is 6.05. The lowest BCUT2D eigenvalue weighted by molar-refractivity contribution is 0.0697. The first-order valence-corrected chi connectivity index (χ1v) is 10.2. The lowest BCUT2D eigenvalue weighted by Crippen LogP contribution is -2.50. The number of carbonyl (C=O) groups is 1. The van der Waals surface area contributed by atoms with Gasteiger partial charge in [-0.25, -0.2) is 8.42 Å². The van der Waals surface area contributed by atoms with Crippen LogP contribution in [0.4, 0.5) is 0 Å². The molecule has 1 aliphatic rings. The van der Waals surface area contributed by atoms with E-state index in [-0.39, 0.29) is 28.9 Å². The fourth-order valence-corrected chi connectivity index (χ4v) is 5.12. The van der Waals surface area contributed by atoms with Gasteiger partial charge in [0.25, 0.3) is 5.91 Å². The van der Waals surface area contributed by atoms with Crippen molar-refractivity contribution >= 4 is 27.5 Å². The number of halogens is 1. The molecule has 1 amide bonds. The second-order valence-corrected chi connectivity index (χ2v) is 8.82. The van der Waals surface area contributed by atoms with Gasteiger partial charge < -0.3 is 4.90 Å². The number of carbonyl (C=O) groups excluding carboxylic acids is 1. The third kappa shape index (κ3) is 3.77. The minimum Gasteiger partial charge on any atom is -0.336 e. The van der Waals surface area contributed by atoms with Crippen molar-refractivity contribution in [1.82, 2.24) is 9.21 Å². The van der Waals surface area contributed by atoms with Crippen LogP contribution in [0.2, 0.25) is 5.02 Å². The molecule has 26 heavy (non-hydrogen) atoms. The molecular formula is C19H21ClN2O3S. The molecule has 0 aliphatic carbocycles. The highest BCUT2D eigenvalue weighted by Crippen LogP contribution is 2.25. The molecule has 2 aromatic rings.